The van der Waals surface area contributed by atoms with Crippen molar-refractivity contribution in [2.75, 3.05) is 11.4 Å². The molecule has 1 heterocycles. The van der Waals surface area contributed by atoms with Gasteiger partial charge in [-0.25, -0.2) is 0 Å². The van der Waals surface area contributed by atoms with Crippen molar-refractivity contribution in [2.45, 2.75) is 39.1 Å². The number of anilines is 1. The third kappa shape index (κ3) is 4.25. The fraction of sp³-hybridized carbons (Fsp3) is 0.333. The lowest BCUT2D eigenvalue weighted by Gasteiger charge is -2.30. The van der Waals surface area contributed by atoms with Gasteiger partial charge < -0.3 is 10.2 Å². The molecule has 3 rings (SSSR count). The summed E-state index contributed by atoms with van der Waals surface area (Å²) in [7, 11) is -3.82. The van der Waals surface area contributed by atoms with E-state index in [1.54, 1.807) is 19.1 Å². The zero-order valence-corrected chi connectivity index (χ0v) is 17.4. The fourth-order valence-electron chi connectivity index (χ4n) is 3.12. The summed E-state index contributed by atoms with van der Waals surface area (Å²) in [5, 5.41) is 2.84. The zero-order valence-electron chi connectivity index (χ0n) is 16.6. The number of aryl methyl sites for hydroxylation is 1. The highest BCUT2D eigenvalue weighted by atomic mass is 32.2. The monoisotopic (exact) mass is 399 g/mol. The fourth-order valence-corrected chi connectivity index (χ4v) is 4.38. The molecule has 1 aliphatic rings. The van der Waals surface area contributed by atoms with Gasteiger partial charge in [0.05, 0.1) is 5.69 Å². The average Bonchev–Trinajstić information content (AvgIpc) is 2.63. The first-order chi connectivity index (χ1) is 13.2. The molecule has 0 bridgehead atoms. The van der Waals surface area contributed by atoms with E-state index in [1.165, 1.54) is 6.07 Å². The minimum absolute atomic E-state index is 0.0711. The van der Waals surface area contributed by atoms with Crippen LogP contribution in [0.3, 0.4) is 0 Å². The molecule has 1 N–H and O–H groups in total. The Labute approximate surface area is 166 Å². The molecule has 0 saturated heterocycles. The van der Waals surface area contributed by atoms with Gasteiger partial charge in [0.1, 0.15) is 10.7 Å². The summed E-state index contributed by atoms with van der Waals surface area (Å²) in [6.45, 7) is 8.83. The molecule has 2 aromatic rings. The number of benzene rings is 2. The van der Waals surface area contributed by atoms with Crippen molar-refractivity contribution < 1.29 is 13.2 Å². The molecule has 1 aliphatic heterocycles. The minimum Gasteiger partial charge on any atom is -0.348 e. The highest BCUT2D eigenvalue weighted by molar-refractivity contribution is 7.90. The summed E-state index contributed by atoms with van der Waals surface area (Å²) < 4.78 is 29.0. The first-order valence-electron chi connectivity index (χ1n) is 9.24. The number of nitrogens with zero attached hydrogens (tertiary/aromatic N) is 2. The number of hydrogen-bond donors (Lipinski definition) is 1. The van der Waals surface area contributed by atoms with E-state index in [0.717, 1.165) is 11.1 Å². The van der Waals surface area contributed by atoms with Crippen molar-refractivity contribution in [3.63, 3.8) is 0 Å². The van der Waals surface area contributed by atoms with Crippen molar-refractivity contribution in [3.05, 3.63) is 59.2 Å². The lowest BCUT2D eigenvalue weighted by Crippen LogP contribution is -2.36. The smallest absolute Gasteiger partial charge is 0.286 e. The zero-order chi connectivity index (χ0) is 20.5. The lowest BCUT2D eigenvalue weighted by molar-refractivity contribution is 0.0950. The van der Waals surface area contributed by atoms with Gasteiger partial charge >= 0.3 is 0 Å². The highest BCUT2D eigenvalue weighted by Crippen LogP contribution is 2.33. The van der Waals surface area contributed by atoms with E-state index < -0.39 is 10.0 Å². The number of amidine groups is 1. The summed E-state index contributed by atoms with van der Waals surface area (Å²) in [6, 6.07) is 12.6. The van der Waals surface area contributed by atoms with Gasteiger partial charge in [-0.1, -0.05) is 43.7 Å². The van der Waals surface area contributed by atoms with Gasteiger partial charge in [0.15, 0.2) is 0 Å². The molecule has 0 saturated carbocycles. The topological polar surface area (TPSA) is 78.8 Å². The Balaban J connectivity index is 1.86. The second-order valence-electron chi connectivity index (χ2n) is 7.47. The predicted molar refractivity (Wildman–Crippen MR) is 111 cm³/mol. The number of fused-ring (bicyclic) bond motifs is 1. The molecule has 0 aliphatic carbocycles. The van der Waals surface area contributed by atoms with E-state index in [1.807, 2.05) is 36.1 Å². The van der Waals surface area contributed by atoms with Gasteiger partial charge in [0, 0.05) is 18.7 Å². The second-order valence-corrected chi connectivity index (χ2v) is 9.04. The van der Waals surface area contributed by atoms with E-state index in [0.29, 0.717) is 36.1 Å². The maximum absolute atomic E-state index is 12.6. The summed E-state index contributed by atoms with van der Waals surface area (Å²) in [4.78, 5) is 14.5. The van der Waals surface area contributed by atoms with Crippen molar-refractivity contribution in [3.8, 4) is 0 Å². The Morgan fingerprint density at radius 2 is 1.79 bits per heavy atom. The van der Waals surface area contributed by atoms with E-state index >= 15 is 0 Å². The molecule has 0 aromatic heterocycles. The summed E-state index contributed by atoms with van der Waals surface area (Å²) >= 11 is 0. The molecule has 0 spiro atoms. The number of carbonyl (C=O) groups is 1. The number of amides is 1. The Bertz CT molecular complexity index is 1030. The molecule has 1 amide bonds. The van der Waals surface area contributed by atoms with Crippen LogP contribution in [0.4, 0.5) is 5.69 Å². The summed E-state index contributed by atoms with van der Waals surface area (Å²) in [5.41, 5.74) is 3.00. The van der Waals surface area contributed by atoms with E-state index in [4.69, 9.17) is 0 Å². The largest absolute Gasteiger partial charge is 0.348 e. The normalized spacial score (nSPS) is 15.2. The van der Waals surface area contributed by atoms with Crippen LogP contribution in [0, 0.1) is 12.8 Å². The van der Waals surface area contributed by atoms with Gasteiger partial charge in [-0.2, -0.15) is 8.42 Å². The van der Waals surface area contributed by atoms with Crippen molar-refractivity contribution in [1.29, 1.82) is 0 Å². The molecule has 0 fully saturated rings. The van der Waals surface area contributed by atoms with E-state index in [2.05, 4.69) is 23.6 Å². The van der Waals surface area contributed by atoms with Crippen LogP contribution in [-0.4, -0.2) is 26.7 Å². The molecular formula is C21H25N3O3S. The summed E-state index contributed by atoms with van der Waals surface area (Å²) in [5.74, 6) is 0.453. The molecule has 28 heavy (non-hydrogen) atoms. The first-order valence-corrected chi connectivity index (χ1v) is 10.7. The van der Waals surface area contributed by atoms with Crippen LogP contribution in [0.1, 0.15) is 42.3 Å². The SMILES string of the molecule is CC1=NS(=O)(=O)c2cc(C(=O)NCc3ccc(C)cc3)ccc2N1CC(C)C. The van der Waals surface area contributed by atoms with Crippen LogP contribution >= 0.6 is 0 Å². The number of hydrogen-bond acceptors (Lipinski definition) is 4. The maximum Gasteiger partial charge on any atom is 0.286 e. The van der Waals surface area contributed by atoms with Crippen LogP contribution < -0.4 is 10.2 Å². The van der Waals surface area contributed by atoms with Gasteiger partial charge in [-0.15, -0.1) is 4.40 Å². The minimum atomic E-state index is -3.82. The third-order valence-electron chi connectivity index (χ3n) is 4.56. The van der Waals surface area contributed by atoms with Crippen LogP contribution in [-0.2, 0) is 16.6 Å². The average molecular weight is 400 g/mol. The molecule has 0 radical (unpaired) electrons. The van der Waals surface area contributed by atoms with E-state index in [-0.39, 0.29) is 10.8 Å². The first kappa shape index (κ1) is 20.1. The number of nitrogens with one attached hydrogen (secondary N) is 1. The molecular weight excluding hydrogens is 374 g/mol. The quantitative estimate of drug-likeness (QED) is 0.834. The van der Waals surface area contributed by atoms with Crippen molar-refractivity contribution in [2.24, 2.45) is 10.3 Å². The molecule has 0 atom stereocenters. The van der Waals surface area contributed by atoms with Crippen molar-refractivity contribution >= 4 is 27.5 Å². The highest BCUT2D eigenvalue weighted by Gasteiger charge is 2.30. The van der Waals surface area contributed by atoms with Crippen molar-refractivity contribution in [1.82, 2.24) is 5.32 Å². The van der Waals surface area contributed by atoms with Gasteiger partial charge in [0.25, 0.3) is 15.9 Å². The van der Waals surface area contributed by atoms with Crippen LogP contribution in [0.2, 0.25) is 0 Å². The molecule has 7 heteroatoms. The lowest BCUT2D eigenvalue weighted by atomic mass is 10.1. The third-order valence-corrected chi connectivity index (χ3v) is 5.94. The molecule has 0 unspecified atom stereocenters. The second kappa shape index (κ2) is 7.75. The van der Waals surface area contributed by atoms with E-state index in [9.17, 15) is 13.2 Å². The standard InChI is InChI=1S/C21H25N3O3S/c1-14(2)13-24-16(4)23-28(26,27)20-11-18(9-10-19(20)24)21(25)22-12-17-7-5-15(3)6-8-17/h5-11,14H,12-13H2,1-4H3,(H,22,25). The predicted octanol–water partition coefficient (Wildman–Crippen LogP) is 3.51. The Hall–Kier alpha value is -2.67. The van der Waals surface area contributed by atoms with Gasteiger partial charge in [0.2, 0.25) is 0 Å². The van der Waals surface area contributed by atoms with Crippen LogP contribution in [0.5, 0.6) is 0 Å². The van der Waals surface area contributed by atoms with Crippen LogP contribution in [0.15, 0.2) is 51.8 Å². The van der Waals surface area contributed by atoms with Gasteiger partial charge in [-0.3, -0.25) is 4.79 Å². The summed E-state index contributed by atoms with van der Waals surface area (Å²) in [6.07, 6.45) is 0. The maximum atomic E-state index is 12.6. The number of sulfonamides is 1. The van der Waals surface area contributed by atoms with Crippen LogP contribution in [0.25, 0.3) is 0 Å². The Kier molecular flexibility index (Phi) is 5.56. The Morgan fingerprint density at radius 1 is 1.11 bits per heavy atom. The Morgan fingerprint density at radius 3 is 2.43 bits per heavy atom. The number of rotatable bonds is 5. The van der Waals surface area contributed by atoms with Gasteiger partial charge in [-0.05, 0) is 43.5 Å². The number of carbonyl (C=O) groups excluding carboxylic acids is 1. The molecule has 6 nitrogen and oxygen atoms in total. The molecule has 2 aromatic carbocycles. The molecule has 148 valence electrons.